The highest BCUT2D eigenvalue weighted by atomic mass is 32.1. The zero-order chi connectivity index (χ0) is 20.2. The Bertz CT molecular complexity index is 695. The standard InChI is InChI=1S/C22H31NO3S/c1-5-6-13-23(20(25)19(24)22(2,3)4)14-12-17(15-18(23)21(26)27)16-10-8-7-9-11-16/h7-11,17-18H,5-6,12-15H2,1-4H3. The van der Waals surface area contributed by atoms with Crippen LogP contribution in [0, 0.1) is 5.41 Å². The van der Waals surface area contributed by atoms with Crippen LogP contribution in [-0.2, 0) is 9.59 Å². The highest BCUT2D eigenvalue weighted by molar-refractivity contribution is 7.80. The van der Waals surface area contributed by atoms with Crippen LogP contribution < -0.4 is 5.11 Å². The van der Waals surface area contributed by atoms with Gasteiger partial charge in [-0.15, -0.1) is 0 Å². The Morgan fingerprint density at radius 3 is 2.37 bits per heavy atom. The lowest BCUT2D eigenvalue weighted by Gasteiger charge is -2.49. The van der Waals surface area contributed by atoms with Crippen LogP contribution in [0.15, 0.2) is 30.3 Å². The minimum atomic E-state index is -0.764. The summed E-state index contributed by atoms with van der Waals surface area (Å²) in [7, 11) is 0. The number of benzene rings is 1. The summed E-state index contributed by atoms with van der Waals surface area (Å²) in [4.78, 5) is 26.2. The maximum absolute atomic E-state index is 13.4. The van der Waals surface area contributed by atoms with Crippen molar-refractivity contribution in [2.24, 2.45) is 5.41 Å². The minimum absolute atomic E-state index is 0.0877. The van der Waals surface area contributed by atoms with E-state index in [0.29, 0.717) is 19.5 Å². The van der Waals surface area contributed by atoms with Gasteiger partial charge in [-0.25, -0.2) is 9.28 Å². The molecule has 148 valence electrons. The van der Waals surface area contributed by atoms with Crippen molar-refractivity contribution in [3.63, 3.8) is 0 Å². The largest absolute Gasteiger partial charge is 0.863 e. The third kappa shape index (κ3) is 4.64. The molecular formula is C22H31NO3S. The number of likely N-dealkylation sites (tertiary alicyclic amines) is 1. The van der Waals surface area contributed by atoms with E-state index < -0.39 is 28.2 Å². The molecule has 1 aliphatic heterocycles. The fourth-order valence-electron chi connectivity index (χ4n) is 4.03. The molecule has 0 aliphatic carbocycles. The van der Waals surface area contributed by atoms with E-state index in [-0.39, 0.29) is 10.4 Å². The molecular weight excluding hydrogens is 358 g/mol. The molecule has 1 amide bonds. The van der Waals surface area contributed by atoms with Crippen molar-refractivity contribution < 1.29 is 19.2 Å². The molecule has 1 aliphatic rings. The molecule has 1 aromatic rings. The number of carbonyl (C=O) groups is 2. The number of ketones is 1. The molecule has 3 unspecified atom stereocenters. The van der Waals surface area contributed by atoms with E-state index in [9.17, 15) is 14.7 Å². The number of thiocarbonyl (C=S) groups is 1. The van der Waals surface area contributed by atoms with Crippen molar-refractivity contribution in [3.8, 4) is 0 Å². The number of hydrogen-bond acceptors (Lipinski definition) is 4. The van der Waals surface area contributed by atoms with E-state index in [0.717, 1.165) is 19.3 Å². The van der Waals surface area contributed by atoms with Crippen molar-refractivity contribution in [1.29, 1.82) is 0 Å². The molecule has 0 radical (unpaired) electrons. The van der Waals surface area contributed by atoms with Gasteiger partial charge in [0.05, 0.1) is 13.1 Å². The minimum Gasteiger partial charge on any atom is -0.863 e. The third-order valence-corrected chi connectivity index (χ3v) is 5.99. The van der Waals surface area contributed by atoms with Crippen LogP contribution in [0.4, 0.5) is 0 Å². The molecule has 1 saturated heterocycles. The van der Waals surface area contributed by atoms with Gasteiger partial charge in [-0.2, -0.15) is 0 Å². The van der Waals surface area contributed by atoms with Gasteiger partial charge in [-0.1, -0.05) is 76.7 Å². The number of quaternary nitrogens is 1. The van der Waals surface area contributed by atoms with Crippen molar-refractivity contribution in [3.05, 3.63) is 35.9 Å². The molecule has 2 rings (SSSR count). The zero-order valence-corrected chi connectivity index (χ0v) is 17.7. The summed E-state index contributed by atoms with van der Waals surface area (Å²) >= 11 is 5.08. The van der Waals surface area contributed by atoms with Gasteiger partial charge >= 0.3 is 5.91 Å². The Kier molecular flexibility index (Phi) is 6.92. The van der Waals surface area contributed by atoms with Crippen LogP contribution in [0.1, 0.15) is 64.9 Å². The number of Topliss-reactive ketones (excluding diaryl/α,β-unsaturated/α-hetero) is 1. The second-order valence-electron chi connectivity index (χ2n) is 8.69. The average Bonchev–Trinajstić information content (AvgIpc) is 2.64. The van der Waals surface area contributed by atoms with Gasteiger partial charge in [0.1, 0.15) is 6.04 Å². The second kappa shape index (κ2) is 8.61. The molecule has 0 bridgehead atoms. The lowest BCUT2D eigenvalue weighted by Crippen LogP contribution is -2.69. The molecule has 0 aromatic heterocycles. The molecule has 0 spiro atoms. The summed E-state index contributed by atoms with van der Waals surface area (Å²) in [5.41, 5.74) is 0.404. The van der Waals surface area contributed by atoms with E-state index in [1.165, 1.54) is 5.56 Å². The molecule has 27 heavy (non-hydrogen) atoms. The lowest BCUT2D eigenvalue weighted by atomic mass is 9.81. The molecule has 4 nitrogen and oxygen atoms in total. The fraction of sp³-hybridized carbons (Fsp3) is 0.591. The highest BCUT2D eigenvalue weighted by Gasteiger charge is 2.52. The van der Waals surface area contributed by atoms with E-state index in [4.69, 9.17) is 12.2 Å². The third-order valence-electron chi connectivity index (χ3n) is 5.71. The van der Waals surface area contributed by atoms with Crippen LogP contribution in [0.3, 0.4) is 0 Å². The Balaban J connectivity index is 2.41. The van der Waals surface area contributed by atoms with Crippen LogP contribution in [0.2, 0.25) is 0 Å². The van der Waals surface area contributed by atoms with E-state index >= 15 is 0 Å². The average molecular weight is 390 g/mol. The number of carbonyl (C=O) groups excluding carboxylic acids is 2. The van der Waals surface area contributed by atoms with Crippen LogP contribution in [0.25, 0.3) is 0 Å². The molecule has 3 atom stereocenters. The smallest absolute Gasteiger partial charge is 0.382 e. The Morgan fingerprint density at radius 1 is 1.22 bits per heavy atom. The van der Waals surface area contributed by atoms with Crippen molar-refractivity contribution >= 4 is 29.0 Å². The predicted octanol–water partition coefficient (Wildman–Crippen LogP) is 3.38. The van der Waals surface area contributed by atoms with E-state index in [1.807, 2.05) is 25.1 Å². The summed E-state index contributed by atoms with van der Waals surface area (Å²) in [6, 6.07) is 9.44. The summed E-state index contributed by atoms with van der Waals surface area (Å²) in [6.45, 7) is 8.31. The van der Waals surface area contributed by atoms with Gasteiger partial charge in [0, 0.05) is 18.3 Å². The van der Waals surface area contributed by atoms with Gasteiger partial charge in [-0.05, 0) is 23.0 Å². The van der Waals surface area contributed by atoms with Crippen LogP contribution >= 0.6 is 12.2 Å². The first-order valence-electron chi connectivity index (χ1n) is 9.85. The fourth-order valence-corrected chi connectivity index (χ4v) is 4.33. The van der Waals surface area contributed by atoms with Gasteiger partial charge < -0.3 is 5.11 Å². The number of nitrogens with zero attached hydrogens (tertiary/aromatic N) is 1. The van der Waals surface area contributed by atoms with Gasteiger partial charge in [0.15, 0.2) is 0 Å². The number of amides is 1. The SMILES string of the molecule is CCCC[N+]1(C(=O)C(=O)C(C)(C)C)CCC(c2ccccc2)CC1C([O-])=S. The van der Waals surface area contributed by atoms with Gasteiger partial charge in [0.25, 0.3) is 5.78 Å². The molecule has 1 aromatic carbocycles. The van der Waals surface area contributed by atoms with Gasteiger partial charge in [-0.3, -0.25) is 4.79 Å². The van der Waals surface area contributed by atoms with Crippen molar-refractivity contribution in [2.75, 3.05) is 13.1 Å². The lowest BCUT2D eigenvalue weighted by molar-refractivity contribution is -0.874. The van der Waals surface area contributed by atoms with Crippen LogP contribution in [0.5, 0.6) is 0 Å². The Hall–Kier alpha value is -1.59. The Labute approximate surface area is 168 Å². The second-order valence-corrected chi connectivity index (χ2v) is 9.09. The first-order valence-corrected chi connectivity index (χ1v) is 10.3. The number of unbranched alkanes of at least 4 members (excludes halogenated alkanes) is 1. The maximum atomic E-state index is 13.4. The van der Waals surface area contributed by atoms with E-state index in [1.54, 1.807) is 20.8 Å². The maximum Gasteiger partial charge on any atom is 0.382 e. The van der Waals surface area contributed by atoms with Crippen molar-refractivity contribution in [1.82, 2.24) is 0 Å². The Morgan fingerprint density at radius 2 is 1.85 bits per heavy atom. The number of piperidine rings is 1. The number of rotatable bonds is 6. The summed E-state index contributed by atoms with van der Waals surface area (Å²) < 4.78 is -0.0877. The zero-order valence-electron chi connectivity index (χ0n) is 16.9. The molecule has 1 heterocycles. The topological polar surface area (TPSA) is 57.2 Å². The molecule has 0 N–H and O–H groups in total. The van der Waals surface area contributed by atoms with E-state index in [2.05, 4.69) is 12.1 Å². The number of hydrogen-bond donors (Lipinski definition) is 0. The molecule has 1 fully saturated rings. The summed E-state index contributed by atoms with van der Waals surface area (Å²) in [5.74, 6) is -0.655. The monoisotopic (exact) mass is 389 g/mol. The highest BCUT2D eigenvalue weighted by Crippen LogP contribution is 2.38. The first-order chi connectivity index (χ1) is 12.6. The quantitative estimate of drug-likeness (QED) is 0.425. The molecule has 0 saturated carbocycles. The van der Waals surface area contributed by atoms with Gasteiger partial charge in [0.2, 0.25) is 0 Å². The summed E-state index contributed by atoms with van der Waals surface area (Å²) in [5, 5.41) is 12.1. The summed E-state index contributed by atoms with van der Waals surface area (Å²) in [6.07, 6.45) is 2.99. The molecule has 5 heteroatoms. The predicted molar refractivity (Wildman–Crippen MR) is 109 cm³/mol. The normalized spacial score (nSPS) is 25.8. The first kappa shape index (κ1) is 21.7. The van der Waals surface area contributed by atoms with Crippen molar-refractivity contribution in [2.45, 2.75) is 65.3 Å². The van der Waals surface area contributed by atoms with Crippen LogP contribution in [-0.4, -0.2) is 40.4 Å².